The number of aryl methyl sites for hydroxylation is 2. The molecule has 0 heterocycles. The summed E-state index contributed by atoms with van der Waals surface area (Å²) >= 11 is 0. The van der Waals surface area contributed by atoms with Crippen LogP contribution in [0.2, 0.25) is 0 Å². The summed E-state index contributed by atoms with van der Waals surface area (Å²) in [7, 11) is 0. The lowest BCUT2D eigenvalue weighted by Crippen LogP contribution is -1.94. The molecule has 0 aliphatic carbocycles. The van der Waals surface area contributed by atoms with Gasteiger partial charge in [0.15, 0.2) is 0 Å². The van der Waals surface area contributed by atoms with Crippen LogP contribution in [0, 0.1) is 6.92 Å². The van der Waals surface area contributed by atoms with Gasteiger partial charge in [-0.3, -0.25) is 4.79 Å². The average molecular weight is 250 g/mol. The van der Waals surface area contributed by atoms with E-state index in [2.05, 4.69) is 39.0 Å². The molecule has 0 saturated carbocycles. The molecule has 0 amide bonds. The van der Waals surface area contributed by atoms with Crippen LogP contribution in [-0.4, -0.2) is 11.1 Å². The van der Waals surface area contributed by atoms with E-state index in [-0.39, 0.29) is 6.42 Å². The molecule has 0 atom stereocenters. The predicted molar refractivity (Wildman–Crippen MR) is 77.1 cm³/mol. The van der Waals surface area contributed by atoms with E-state index in [1.807, 2.05) is 0 Å². The maximum absolute atomic E-state index is 9.37. The first kappa shape index (κ1) is 16.7. The molecule has 0 bridgehead atoms. The molecule has 102 valence electrons. The van der Waals surface area contributed by atoms with Crippen molar-refractivity contribution in [2.75, 3.05) is 0 Å². The Balaban J connectivity index is 0.000000494. The minimum atomic E-state index is -0.745. The van der Waals surface area contributed by atoms with Gasteiger partial charge >= 0.3 is 5.97 Å². The molecule has 0 aromatic heterocycles. The molecule has 2 heteroatoms. The highest BCUT2D eigenvalue weighted by Gasteiger charge is 2.01. The first-order chi connectivity index (χ1) is 8.56. The SMILES string of the molecule is CCC(=O)O.CCCc1cccc(CCC)c1C. The van der Waals surface area contributed by atoms with E-state index < -0.39 is 5.97 Å². The summed E-state index contributed by atoms with van der Waals surface area (Å²) in [5.74, 6) is -0.745. The van der Waals surface area contributed by atoms with Crippen LogP contribution in [-0.2, 0) is 17.6 Å². The van der Waals surface area contributed by atoms with Crippen molar-refractivity contribution in [3.63, 3.8) is 0 Å². The smallest absolute Gasteiger partial charge is 0.303 e. The highest BCUT2D eigenvalue weighted by atomic mass is 16.4. The summed E-state index contributed by atoms with van der Waals surface area (Å²) in [5, 5.41) is 7.72. The summed E-state index contributed by atoms with van der Waals surface area (Å²) in [6, 6.07) is 6.72. The molecule has 18 heavy (non-hydrogen) atoms. The first-order valence-corrected chi connectivity index (χ1v) is 6.85. The zero-order valence-corrected chi connectivity index (χ0v) is 12.1. The lowest BCUT2D eigenvalue weighted by molar-refractivity contribution is -0.136. The number of aliphatic carboxylic acids is 1. The van der Waals surface area contributed by atoms with Crippen LogP contribution < -0.4 is 0 Å². The van der Waals surface area contributed by atoms with E-state index in [9.17, 15) is 4.79 Å². The van der Waals surface area contributed by atoms with Crippen molar-refractivity contribution in [2.24, 2.45) is 0 Å². The van der Waals surface area contributed by atoms with Gasteiger partial charge in [0.2, 0.25) is 0 Å². The average Bonchev–Trinajstić information content (AvgIpc) is 2.35. The van der Waals surface area contributed by atoms with Crippen molar-refractivity contribution in [1.82, 2.24) is 0 Å². The van der Waals surface area contributed by atoms with Crippen LogP contribution in [0.3, 0.4) is 0 Å². The molecular formula is C16H26O2. The molecule has 0 aliphatic heterocycles. The second kappa shape index (κ2) is 9.69. The fourth-order valence-electron chi connectivity index (χ4n) is 1.82. The van der Waals surface area contributed by atoms with Crippen LogP contribution in [0.1, 0.15) is 56.7 Å². The van der Waals surface area contributed by atoms with E-state index in [1.54, 1.807) is 6.92 Å². The van der Waals surface area contributed by atoms with E-state index in [0.717, 1.165) is 0 Å². The van der Waals surface area contributed by atoms with Crippen LogP contribution in [0.25, 0.3) is 0 Å². The fraction of sp³-hybridized carbons (Fsp3) is 0.562. The van der Waals surface area contributed by atoms with E-state index in [0.29, 0.717) is 0 Å². The number of rotatable bonds is 5. The maximum Gasteiger partial charge on any atom is 0.303 e. The van der Waals surface area contributed by atoms with Gasteiger partial charge in [-0.1, -0.05) is 51.8 Å². The number of hydrogen-bond donors (Lipinski definition) is 1. The lowest BCUT2D eigenvalue weighted by Gasteiger charge is -2.09. The predicted octanol–water partition coefficient (Wildman–Crippen LogP) is 4.38. The number of carbonyl (C=O) groups is 1. The minimum absolute atomic E-state index is 0.222. The summed E-state index contributed by atoms with van der Waals surface area (Å²) in [6.45, 7) is 8.34. The molecule has 1 aromatic carbocycles. The van der Waals surface area contributed by atoms with Gasteiger partial charge in [0, 0.05) is 6.42 Å². The largest absolute Gasteiger partial charge is 0.481 e. The molecule has 0 saturated heterocycles. The zero-order chi connectivity index (χ0) is 14.0. The van der Waals surface area contributed by atoms with Crippen molar-refractivity contribution in [1.29, 1.82) is 0 Å². The third kappa shape index (κ3) is 6.43. The van der Waals surface area contributed by atoms with Crippen molar-refractivity contribution >= 4 is 5.97 Å². The van der Waals surface area contributed by atoms with Crippen LogP contribution in [0.4, 0.5) is 0 Å². The zero-order valence-electron chi connectivity index (χ0n) is 12.1. The minimum Gasteiger partial charge on any atom is -0.481 e. The van der Waals surface area contributed by atoms with Crippen LogP contribution in [0.15, 0.2) is 18.2 Å². The molecule has 0 radical (unpaired) electrons. The Morgan fingerprint density at radius 1 is 1.06 bits per heavy atom. The topological polar surface area (TPSA) is 37.3 Å². The van der Waals surface area contributed by atoms with Gasteiger partial charge < -0.3 is 5.11 Å². The van der Waals surface area contributed by atoms with Crippen molar-refractivity contribution in [3.8, 4) is 0 Å². The second-order valence-electron chi connectivity index (χ2n) is 4.45. The Morgan fingerprint density at radius 3 is 1.72 bits per heavy atom. The van der Waals surface area contributed by atoms with Crippen LogP contribution in [0.5, 0.6) is 0 Å². The molecule has 1 rings (SSSR count). The Bertz CT molecular complexity index is 332. The van der Waals surface area contributed by atoms with Gasteiger partial charge in [-0.15, -0.1) is 0 Å². The monoisotopic (exact) mass is 250 g/mol. The number of hydrogen-bond acceptors (Lipinski definition) is 1. The Hall–Kier alpha value is -1.31. The van der Waals surface area contributed by atoms with Gasteiger partial charge in [0.25, 0.3) is 0 Å². The third-order valence-electron chi connectivity index (χ3n) is 2.90. The molecule has 1 aromatic rings. The van der Waals surface area contributed by atoms with Crippen molar-refractivity contribution in [3.05, 3.63) is 34.9 Å². The van der Waals surface area contributed by atoms with Crippen molar-refractivity contribution < 1.29 is 9.90 Å². The van der Waals surface area contributed by atoms with Gasteiger partial charge in [0.1, 0.15) is 0 Å². The summed E-state index contributed by atoms with van der Waals surface area (Å²) < 4.78 is 0. The van der Waals surface area contributed by atoms with Crippen molar-refractivity contribution in [2.45, 2.75) is 59.8 Å². The number of carboxylic acids is 1. The van der Waals surface area contributed by atoms with Gasteiger partial charge in [0.05, 0.1) is 0 Å². The van der Waals surface area contributed by atoms with Gasteiger partial charge in [-0.05, 0) is 36.5 Å². The standard InChI is InChI=1S/C13H20.C3H6O2/c1-4-7-12-9-6-10-13(8-5-2)11(12)3;1-2-3(4)5/h6,9-10H,4-5,7-8H2,1-3H3;2H2,1H3,(H,4,5). The molecule has 0 fully saturated rings. The molecule has 0 aliphatic rings. The molecular weight excluding hydrogens is 224 g/mol. The first-order valence-electron chi connectivity index (χ1n) is 6.85. The highest BCUT2D eigenvalue weighted by molar-refractivity contribution is 5.66. The van der Waals surface area contributed by atoms with Crippen LogP contribution >= 0.6 is 0 Å². The van der Waals surface area contributed by atoms with E-state index in [4.69, 9.17) is 5.11 Å². The highest BCUT2D eigenvalue weighted by Crippen LogP contribution is 2.16. The fourth-order valence-corrected chi connectivity index (χ4v) is 1.82. The maximum atomic E-state index is 9.37. The Labute approximate surface area is 111 Å². The number of carboxylic acid groups (broad SMARTS) is 1. The summed E-state index contributed by atoms with van der Waals surface area (Å²) in [5.41, 5.74) is 4.59. The molecule has 0 unspecified atom stereocenters. The lowest BCUT2D eigenvalue weighted by atomic mass is 9.97. The molecule has 2 nitrogen and oxygen atoms in total. The molecule has 0 spiro atoms. The van der Waals surface area contributed by atoms with E-state index >= 15 is 0 Å². The quantitative estimate of drug-likeness (QED) is 0.842. The summed E-state index contributed by atoms with van der Waals surface area (Å²) in [4.78, 5) is 9.37. The van der Waals surface area contributed by atoms with E-state index in [1.165, 1.54) is 42.4 Å². The van der Waals surface area contributed by atoms with Gasteiger partial charge in [-0.2, -0.15) is 0 Å². The summed E-state index contributed by atoms with van der Waals surface area (Å²) in [6.07, 6.45) is 5.17. The third-order valence-corrected chi connectivity index (χ3v) is 2.90. The number of benzene rings is 1. The normalized spacial score (nSPS) is 9.56. The molecule has 1 N–H and O–H groups in total. The second-order valence-corrected chi connectivity index (χ2v) is 4.45. The Kier molecular flexibility index (Phi) is 8.99. The van der Waals surface area contributed by atoms with Gasteiger partial charge in [-0.25, -0.2) is 0 Å². The Morgan fingerprint density at radius 2 is 1.44 bits per heavy atom.